The molecule has 1 amide bonds. The minimum absolute atomic E-state index is 0.0312. The second kappa shape index (κ2) is 5.26. The molecule has 19 heavy (non-hydrogen) atoms. The Bertz CT molecular complexity index is 673. The molecule has 1 aromatic heterocycles. The molecule has 2 rings (SSSR count). The van der Waals surface area contributed by atoms with Crippen molar-refractivity contribution in [2.75, 3.05) is 7.05 Å². The molecule has 0 aliphatic heterocycles. The number of nitrogens with zero attached hydrogens (tertiary/aromatic N) is 1. The summed E-state index contributed by atoms with van der Waals surface area (Å²) in [5, 5.41) is 0.993. The van der Waals surface area contributed by atoms with Crippen molar-refractivity contribution in [1.29, 1.82) is 0 Å². The van der Waals surface area contributed by atoms with E-state index in [9.17, 15) is 9.59 Å². The van der Waals surface area contributed by atoms with Crippen LogP contribution in [0.15, 0.2) is 29.1 Å². The predicted octanol–water partition coefficient (Wildman–Crippen LogP) is 2.20. The molecule has 0 spiro atoms. The fraction of sp³-hybridized carbons (Fsp3) is 0.333. The number of pyridine rings is 1. The van der Waals surface area contributed by atoms with Crippen molar-refractivity contribution in [3.8, 4) is 0 Å². The van der Waals surface area contributed by atoms with Crippen LogP contribution in [0.5, 0.6) is 0 Å². The van der Waals surface area contributed by atoms with Crippen molar-refractivity contribution in [3.05, 3.63) is 45.7 Å². The first kappa shape index (κ1) is 13.3. The maximum absolute atomic E-state index is 12.0. The molecule has 0 atom stereocenters. The van der Waals surface area contributed by atoms with Gasteiger partial charge in [0.15, 0.2) is 0 Å². The van der Waals surface area contributed by atoms with Gasteiger partial charge in [-0.05, 0) is 30.5 Å². The van der Waals surface area contributed by atoms with Gasteiger partial charge < -0.3 is 9.88 Å². The molecule has 0 bridgehead atoms. The lowest BCUT2D eigenvalue weighted by atomic mass is 10.1. The molecular formula is C15H18N2O2. The lowest BCUT2D eigenvalue weighted by Gasteiger charge is -2.16. The van der Waals surface area contributed by atoms with Crippen LogP contribution in [-0.4, -0.2) is 22.8 Å². The number of benzene rings is 1. The van der Waals surface area contributed by atoms with Crippen LogP contribution in [0.1, 0.15) is 24.5 Å². The van der Waals surface area contributed by atoms with E-state index in [1.54, 1.807) is 11.9 Å². The predicted molar refractivity (Wildman–Crippen MR) is 76.1 cm³/mol. The van der Waals surface area contributed by atoms with Gasteiger partial charge >= 0.3 is 0 Å². The number of aromatic amines is 1. The summed E-state index contributed by atoms with van der Waals surface area (Å²) >= 11 is 0. The first-order chi connectivity index (χ1) is 9.01. The van der Waals surface area contributed by atoms with Gasteiger partial charge in [0.1, 0.15) is 0 Å². The highest BCUT2D eigenvalue weighted by molar-refractivity contribution is 5.80. The Kier molecular flexibility index (Phi) is 3.69. The zero-order valence-electron chi connectivity index (χ0n) is 11.5. The van der Waals surface area contributed by atoms with Crippen LogP contribution in [-0.2, 0) is 11.3 Å². The number of carbonyl (C=O) groups is 1. The fourth-order valence-corrected chi connectivity index (χ4v) is 2.10. The van der Waals surface area contributed by atoms with E-state index in [0.717, 1.165) is 16.5 Å². The third kappa shape index (κ3) is 2.84. The minimum atomic E-state index is -0.132. The van der Waals surface area contributed by atoms with Gasteiger partial charge in [-0.25, -0.2) is 0 Å². The molecule has 2 aromatic rings. The first-order valence-corrected chi connectivity index (χ1v) is 6.37. The van der Waals surface area contributed by atoms with Gasteiger partial charge in [-0.1, -0.05) is 18.6 Å². The van der Waals surface area contributed by atoms with Gasteiger partial charge in [0.2, 0.25) is 5.91 Å². The SMILES string of the molecule is CCC(=O)N(C)Cc1cc2cc(C)ccc2[nH]c1=O. The molecule has 0 aliphatic carbocycles. The van der Waals surface area contributed by atoms with E-state index in [4.69, 9.17) is 0 Å². The Morgan fingerprint density at radius 2 is 2.05 bits per heavy atom. The number of rotatable bonds is 3. The fourth-order valence-electron chi connectivity index (χ4n) is 2.10. The Morgan fingerprint density at radius 3 is 2.74 bits per heavy atom. The number of hydrogen-bond acceptors (Lipinski definition) is 2. The summed E-state index contributed by atoms with van der Waals surface area (Å²) < 4.78 is 0. The molecule has 0 fully saturated rings. The second-order valence-corrected chi connectivity index (χ2v) is 4.82. The van der Waals surface area contributed by atoms with Gasteiger partial charge in [0, 0.05) is 24.5 Å². The zero-order chi connectivity index (χ0) is 14.0. The van der Waals surface area contributed by atoms with Crippen molar-refractivity contribution in [2.45, 2.75) is 26.8 Å². The van der Waals surface area contributed by atoms with Gasteiger partial charge in [0.05, 0.1) is 6.54 Å². The highest BCUT2D eigenvalue weighted by Gasteiger charge is 2.10. The van der Waals surface area contributed by atoms with Gasteiger partial charge in [-0.2, -0.15) is 0 Å². The summed E-state index contributed by atoms with van der Waals surface area (Å²) in [4.78, 5) is 28.0. The highest BCUT2D eigenvalue weighted by Crippen LogP contribution is 2.14. The first-order valence-electron chi connectivity index (χ1n) is 6.37. The molecule has 0 radical (unpaired) electrons. The van der Waals surface area contributed by atoms with Crippen LogP contribution < -0.4 is 5.56 Å². The average Bonchev–Trinajstić information content (AvgIpc) is 2.39. The van der Waals surface area contributed by atoms with Crippen molar-refractivity contribution in [1.82, 2.24) is 9.88 Å². The molecule has 0 unspecified atom stereocenters. The Hall–Kier alpha value is -2.10. The molecule has 1 aromatic carbocycles. The third-order valence-electron chi connectivity index (χ3n) is 3.21. The molecule has 4 heteroatoms. The van der Waals surface area contributed by atoms with E-state index in [2.05, 4.69) is 4.98 Å². The number of aromatic nitrogens is 1. The van der Waals surface area contributed by atoms with Crippen molar-refractivity contribution in [2.24, 2.45) is 0 Å². The number of nitrogens with one attached hydrogen (secondary N) is 1. The number of H-pyrrole nitrogens is 1. The molecule has 1 heterocycles. The van der Waals surface area contributed by atoms with E-state index in [-0.39, 0.29) is 11.5 Å². The van der Waals surface area contributed by atoms with Crippen molar-refractivity contribution < 1.29 is 4.79 Å². The molecule has 4 nitrogen and oxygen atoms in total. The molecule has 0 saturated carbocycles. The van der Waals surface area contributed by atoms with Crippen molar-refractivity contribution >= 4 is 16.8 Å². The molecule has 1 N–H and O–H groups in total. The summed E-state index contributed by atoms with van der Waals surface area (Å²) in [6, 6.07) is 7.75. The normalized spacial score (nSPS) is 10.7. The Labute approximate surface area is 112 Å². The summed E-state index contributed by atoms with van der Waals surface area (Å²) in [5.74, 6) is 0.0312. The summed E-state index contributed by atoms with van der Waals surface area (Å²) in [7, 11) is 1.71. The minimum Gasteiger partial charge on any atom is -0.341 e. The number of amides is 1. The van der Waals surface area contributed by atoms with Crippen LogP contribution in [0.3, 0.4) is 0 Å². The van der Waals surface area contributed by atoms with Crippen LogP contribution in [0, 0.1) is 6.92 Å². The molecular weight excluding hydrogens is 240 g/mol. The third-order valence-corrected chi connectivity index (χ3v) is 3.21. The van der Waals surface area contributed by atoms with Crippen LogP contribution >= 0.6 is 0 Å². The van der Waals surface area contributed by atoms with E-state index in [0.29, 0.717) is 18.5 Å². The Morgan fingerprint density at radius 1 is 1.32 bits per heavy atom. The maximum Gasteiger partial charge on any atom is 0.253 e. The van der Waals surface area contributed by atoms with Crippen molar-refractivity contribution in [3.63, 3.8) is 0 Å². The standard InChI is InChI=1S/C15H18N2O2/c1-4-14(18)17(3)9-12-8-11-7-10(2)5-6-13(11)16-15(12)19/h5-8H,4,9H2,1-3H3,(H,16,19). The summed E-state index contributed by atoms with van der Waals surface area (Å²) in [5.41, 5.74) is 2.45. The van der Waals surface area contributed by atoms with Crippen LogP contribution in [0.4, 0.5) is 0 Å². The molecule has 100 valence electrons. The smallest absolute Gasteiger partial charge is 0.253 e. The lowest BCUT2D eigenvalue weighted by molar-refractivity contribution is -0.130. The maximum atomic E-state index is 12.0. The largest absolute Gasteiger partial charge is 0.341 e. The zero-order valence-corrected chi connectivity index (χ0v) is 11.5. The quantitative estimate of drug-likeness (QED) is 0.917. The van der Waals surface area contributed by atoms with Crippen LogP contribution in [0.25, 0.3) is 10.9 Å². The topological polar surface area (TPSA) is 53.2 Å². The van der Waals surface area contributed by atoms with Crippen LogP contribution in [0.2, 0.25) is 0 Å². The van der Waals surface area contributed by atoms with E-state index >= 15 is 0 Å². The average molecular weight is 258 g/mol. The second-order valence-electron chi connectivity index (χ2n) is 4.82. The Balaban J connectivity index is 2.41. The number of carbonyl (C=O) groups excluding carboxylic acids is 1. The van der Waals surface area contributed by atoms with E-state index in [1.807, 2.05) is 38.1 Å². The summed E-state index contributed by atoms with van der Waals surface area (Å²) in [6.07, 6.45) is 0.446. The highest BCUT2D eigenvalue weighted by atomic mass is 16.2. The number of aryl methyl sites for hydroxylation is 1. The summed E-state index contributed by atoms with van der Waals surface area (Å²) in [6.45, 7) is 4.16. The number of hydrogen-bond donors (Lipinski definition) is 1. The number of fused-ring (bicyclic) bond motifs is 1. The van der Waals surface area contributed by atoms with Gasteiger partial charge in [0.25, 0.3) is 5.56 Å². The van der Waals surface area contributed by atoms with E-state index in [1.165, 1.54) is 0 Å². The molecule has 0 saturated heterocycles. The van der Waals surface area contributed by atoms with Gasteiger partial charge in [-0.3, -0.25) is 9.59 Å². The van der Waals surface area contributed by atoms with E-state index < -0.39 is 0 Å². The molecule has 0 aliphatic rings. The lowest BCUT2D eigenvalue weighted by Crippen LogP contribution is -2.28. The monoisotopic (exact) mass is 258 g/mol. The van der Waals surface area contributed by atoms with Gasteiger partial charge in [-0.15, -0.1) is 0 Å².